The lowest BCUT2D eigenvalue weighted by Crippen LogP contribution is -2.03. The van der Waals surface area contributed by atoms with Gasteiger partial charge >= 0.3 is 6.61 Å². The molecule has 94 valence electrons. The van der Waals surface area contributed by atoms with E-state index in [1.54, 1.807) is 0 Å². The first kappa shape index (κ1) is 14.2. The molecule has 0 bridgehead atoms. The summed E-state index contributed by atoms with van der Waals surface area (Å²) in [5.74, 6) is -0.265. The summed E-state index contributed by atoms with van der Waals surface area (Å²) in [6.45, 7) is 1.15. The van der Waals surface area contributed by atoms with Crippen LogP contribution in [0.5, 0.6) is 5.88 Å². The molecule has 7 heteroatoms. The van der Waals surface area contributed by atoms with Gasteiger partial charge in [-0.15, -0.1) is 11.8 Å². The van der Waals surface area contributed by atoms with Gasteiger partial charge in [0.25, 0.3) is 0 Å². The third kappa shape index (κ3) is 4.13. The van der Waals surface area contributed by atoms with Crippen molar-refractivity contribution < 1.29 is 13.5 Å². The van der Waals surface area contributed by atoms with Crippen LogP contribution in [0, 0.1) is 11.3 Å². The van der Waals surface area contributed by atoms with E-state index in [4.69, 9.17) is 5.26 Å². The molecule has 0 saturated heterocycles. The second kappa shape index (κ2) is 6.77. The molecule has 0 aliphatic heterocycles. The molecule has 1 heterocycles. The number of halogens is 2. The minimum atomic E-state index is -2.95. The van der Waals surface area contributed by atoms with Crippen LogP contribution in [0.4, 0.5) is 8.78 Å². The summed E-state index contributed by atoms with van der Waals surface area (Å²) in [4.78, 5) is 0. The van der Waals surface area contributed by atoms with Crippen LogP contribution >= 0.6 is 23.3 Å². The summed E-state index contributed by atoms with van der Waals surface area (Å²) in [7, 11) is 0. The highest BCUT2D eigenvalue weighted by Crippen LogP contribution is 2.37. The summed E-state index contributed by atoms with van der Waals surface area (Å²) in [6, 6.07) is 1.87. The molecule has 1 rings (SSSR count). The average molecular weight is 278 g/mol. The zero-order valence-electron chi connectivity index (χ0n) is 9.44. The number of nitriles is 1. The van der Waals surface area contributed by atoms with E-state index in [0.29, 0.717) is 9.46 Å². The van der Waals surface area contributed by atoms with Gasteiger partial charge in [-0.2, -0.15) is 18.4 Å². The number of thioether (sulfide) groups is 1. The molecule has 0 N–H and O–H groups in total. The number of hydrogen-bond donors (Lipinski definition) is 0. The number of rotatable bonds is 6. The maximum Gasteiger partial charge on any atom is 0.388 e. The number of hydrogen-bond acceptors (Lipinski definition) is 5. The maximum atomic E-state index is 12.1. The molecule has 17 heavy (non-hydrogen) atoms. The highest BCUT2D eigenvalue weighted by Gasteiger charge is 2.19. The van der Waals surface area contributed by atoms with Crippen LogP contribution in [0.25, 0.3) is 0 Å². The second-order valence-corrected chi connectivity index (χ2v) is 5.84. The van der Waals surface area contributed by atoms with E-state index in [-0.39, 0.29) is 11.4 Å². The Hall–Kier alpha value is -0.870. The molecule has 0 fully saturated rings. The van der Waals surface area contributed by atoms with Gasteiger partial charge in [0.15, 0.2) is 0 Å². The fourth-order valence-corrected chi connectivity index (χ4v) is 3.52. The SMILES string of the molecule is CCCC(C)Sc1snc(OC(F)F)c1C#N. The first-order valence-electron chi connectivity index (χ1n) is 5.09. The highest BCUT2D eigenvalue weighted by molar-refractivity contribution is 8.01. The van der Waals surface area contributed by atoms with Crippen LogP contribution in [-0.2, 0) is 0 Å². The molecule has 0 aliphatic rings. The Balaban J connectivity index is 2.80. The molecule has 0 radical (unpaired) electrons. The first-order valence-corrected chi connectivity index (χ1v) is 6.75. The molecular weight excluding hydrogens is 266 g/mol. The Morgan fingerprint density at radius 3 is 2.82 bits per heavy atom. The van der Waals surface area contributed by atoms with Crippen molar-refractivity contribution in [1.82, 2.24) is 4.37 Å². The summed E-state index contributed by atoms with van der Waals surface area (Å²) in [6.07, 6.45) is 2.04. The van der Waals surface area contributed by atoms with Crippen molar-refractivity contribution in [2.24, 2.45) is 0 Å². The number of alkyl halides is 2. The molecule has 0 aliphatic carbocycles. The van der Waals surface area contributed by atoms with Gasteiger partial charge in [0.2, 0.25) is 5.88 Å². The van der Waals surface area contributed by atoms with Gasteiger partial charge in [-0.05, 0) is 18.0 Å². The lowest BCUT2D eigenvalue weighted by atomic mass is 10.3. The minimum absolute atomic E-state index is 0.114. The maximum absolute atomic E-state index is 12.1. The quantitative estimate of drug-likeness (QED) is 0.740. The molecule has 0 amide bonds. The van der Waals surface area contributed by atoms with Gasteiger partial charge in [-0.1, -0.05) is 20.3 Å². The fourth-order valence-electron chi connectivity index (χ4n) is 1.25. The van der Waals surface area contributed by atoms with Crippen LogP contribution < -0.4 is 4.74 Å². The number of aromatic nitrogens is 1. The molecule has 0 saturated carbocycles. The molecule has 1 aromatic heterocycles. The van der Waals surface area contributed by atoms with Crippen LogP contribution in [0.1, 0.15) is 32.3 Å². The molecular formula is C10H12F2N2OS2. The van der Waals surface area contributed by atoms with Crippen LogP contribution in [0.15, 0.2) is 4.21 Å². The van der Waals surface area contributed by atoms with Gasteiger partial charge in [0.1, 0.15) is 15.8 Å². The third-order valence-corrected chi connectivity index (χ3v) is 4.14. The van der Waals surface area contributed by atoms with Crippen LogP contribution in [0.3, 0.4) is 0 Å². The predicted molar refractivity (Wildman–Crippen MR) is 63.7 cm³/mol. The van der Waals surface area contributed by atoms with Crippen molar-refractivity contribution in [1.29, 1.82) is 5.26 Å². The van der Waals surface area contributed by atoms with Gasteiger partial charge in [0, 0.05) is 5.25 Å². The van der Waals surface area contributed by atoms with Crippen molar-refractivity contribution >= 4 is 23.3 Å². The van der Waals surface area contributed by atoms with Crippen LogP contribution in [-0.4, -0.2) is 16.2 Å². The minimum Gasteiger partial charge on any atom is -0.414 e. The van der Waals surface area contributed by atoms with Crippen molar-refractivity contribution in [3.05, 3.63) is 5.56 Å². The van der Waals surface area contributed by atoms with E-state index in [9.17, 15) is 8.78 Å². The second-order valence-electron chi connectivity index (χ2n) is 3.36. The smallest absolute Gasteiger partial charge is 0.388 e. The highest BCUT2D eigenvalue weighted by atomic mass is 32.2. The van der Waals surface area contributed by atoms with E-state index in [0.717, 1.165) is 24.4 Å². The zero-order valence-corrected chi connectivity index (χ0v) is 11.1. The Morgan fingerprint density at radius 1 is 1.59 bits per heavy atom. The van der Waals surface area contributed by atoms with E-state index >= 15 is 0 Å². The summed E-state index contributed by atoms with van der Waals surface area (Å²) >= 11 is 2.50. The van der Waals surface area contributed by atoms with E-state index in [1.807, 2.05) is 13.0 Å². The number of nitrogens with zero attached hydrogens (tertiary/aromatic N) is 2. The van der Waals surface area contributed by atoms with Gasteiger partial charge in [-0.25, -0.2) is 0 Å². The van der Waals surface area contributed by atoms with Gasteiger partial charge in [0.05, 0.1) is 0 Å². The van der Waals surface area contributed by atoms with Crippen molar-refractivity contribution in [2.75, 3.05) is 0 Å². The Morgan fingerprint density at radius 2 is 2.29 bits per heavy atom. The standard InChI is InChI=1S/C10H12F2N2OS2/c1-3-4-6(2)16-9-7(5-13)8(14-17-9)15-10(11)12/h6,10H,3-4H2,1-2H3. The Bertz CT molecular complexity index is 404. The topological polar surface area (TPSA) is 45.9 Å². The predicted octanol–water partition coefficient (Wildman–Crippen LogP) is 3.90. The third-order valence-electron chi connectivity index (χ3n) is 1.95. The summed E-state index contributed by atoms with van der Waals surface area (Å²) in [5, 5.41) is 9.25. The monoisotopic (exact) mass is 278 g/mol. The first-order chi connectivity index (χ1) is 8.08. The molecule has 1 aromatic rings. The van der Waals surface area contributed by atoms with Crippen molar-refractivity contribution in [3.63, 3.8) is 0 Å². The molecule has 3 nitrogen and oxygen atoms in total. The molecule has 0 aromatic carbocycles. The van der Waals surface area contributed by atoms with Crippen molar-refractivity contribution in [2.45, 2.75) is 42.8 Å². The lowest BCUT2D eigenvalue weighted by molar-refractivity contribution is -0.0524. The molecule has 1 unspecified atom stereocenters. The summed E-state index contributed by atoms with van der Waals surface area (Å²) < 4.78 is 32.7. The van der Waals surface area contributed by atoms with E-state index < -0.39 is 6.61 Å². The lowest BCUT2D eigenvalue weighted by Gasteiger charge is -2.07. The van der Waals surface area contributed by atoms with Gasteiger partial charge < -0.3 is 4.74 Å². The normalized spacial score (nSPS) is 12.5. The van der Waals surface area contributed by atoms with E-state index in [1.165, 1.54) is 11.8 Å². The Kier molecular flexibility index (Phi) is 5.65. The van der Waals surface area contributed by atoms with Gasteiger partial charge in [-0.3, -0.25) is 0 Å². The Labute approximate surface area is 107 Å². The molecule has 1 atom stereocenters. The average Bonchev–Trinajstić information content (AvgIpc) is 2.59. The largest absolute Gasteiger partial charge is 0.414 e. The molecule has 0 spiro atoms. The van der Waals surface area contributed by atoms with Crippen LogP contribution in [0.2, 0.25) is 0 Å². The zero-order chi connectivity index (χ0) is 12.8. The van der Waals surface area contributed by atoms with Crippen molar-refractivity contribution in [3.8, 4) is 11.9 Å². The number of ether oxygens (including phenoxy) is 1. The van der Waals surface area contributed by atoms with E-state index in [2.05, 4.69) is 16.0 Å². The summed E-state index contributed by atoms with van der Waals surface area (Å²) in [5.41, 5.74) is 0.114. The fraction of sp³-hybridized carbons (Fsp3) is 0.600.